The topological polar surface area (TPSA) is 55.8 Å². The van der Waals surface area contributed by atoms with E-state index < -0.39 is 12.1 Å². The number of carbonyl (C=O) groups is 1. The van der Waals surface area contributed by atoms with Gasteiger partial charge in [-0.25, -0.2) is 4.79 Å². The molecule has 0 aliphatic carbocycles. The standard InChI is InChI=1S/C17H16Cl2O4/c1-10-7-13(4-5-14(10)19)23-16(17(20)21)9-11-8-12(18)3-6-15(11)22-2/h3-8,16H,9H2,1-2H3,(H,20,21)/t16-/m1/s1. The Labute approximate surface area is 144 Å². The maximum atomic E-state index is 11.5. The van der Waals surface area contributed by atoms with Crippen LogP contribution in [0.2, 0.25) is 10.0 Å². The van der Waals surface area contributed by atoms with E-state index in [1.54, 1.807) is 36.4 Å². The first kappa shape index (κ1) is 17.4. The molecule has 2 aromatic rings. The van der Waals surface area contributed by atoms with Gasteiger partial charge in [0.05, 0.1) is 7.11 Å². The van der Waals surface area contributed by atoms with Gasteiger partial charge in [-0.05, 0) is 54.4 Å². The van der Waals surface area contributed by atoms with Crippen molar-refractivity contribution >= 4 is 29.2 Å². The summed E-state index contributed by atoms with van der Waals surface area (Å²) in [6.45, 7) is 1.82. The van der Waals surface area contributed by atoms with E-state index in [1.807, 2.05) is 6.92 Å². The Balaban J connectivity index is 2.24. The molecule has 1 N–H and O–H groups in total. The zero-order chi connectivity index (χ0) is 17.0. The maximum absolute atomic E-state index is 11.5. The van der Waals surface area contributed by atoms with Gasteiger partial charge in [-0.3, -0.25) is 0 Å². The van der Waals surface area contributed by atoms with Crippen molar-refractivity contribution in [2.24, 2.45) is 0 Å². The van der Waals surface area contributed by atoms with Crippen molar-refractivity contribution in [2.45, 2.75) is 19.4 Å². The zero-order valence-corrected chi connectivity index (χ0v) is 14.2. The van der Waals surface area contributed by atoms with Crippen LogP contribution in [0.4, 0.5) is 0 Å². The number of aliphatic carboxylic acids is 1. The van der Waals surface area contributed by atoms with Crippen molar-refractivity contribution in [2.75, 3.05) is 7.11 Å². The minimum atomic E-state index is -1.07. The van der Waals surface area contributed by atoms with Crippen LogP contribution in [0.15, 0.2) is 36.4 Å². The average Bonchev–Trinajstić information content (AvgIpc) is 2.50. The third-order valence-corrected chi connectivity index (χ3v) is 3.99. The second kappa shape index (κ2) is 7.57. The first-order valence-corrected chi connectivity index (χ1v) is 7.64. The predicted octanol–water partition coefficient (Wildman–Crippen LogP) is 4.39. The lowest BCUT2D eigenvalue weighted by Gasteiger charge is -2.17. The fourth-order valence-corrected chi connectivity index (χ4v) is 2.45. The molecule has 4 nitrogen and oxygen atoms in total. The predicted molar refractivity (Wildman–Crippen MR) is 89.9 cm³/mol. The molecular formula is C17H16Cl2O4. The largest absolute Gasteiger partial charge is 0.496 e. The van der Waals surface area contributed by atoms with Crippen molar-refractivity contribution in [3.05, 3.63) is 57.6 Å². The fourth-order valence-electron chi connectivity index (χ4n) is 2.14. The number of hydrogen-bond acceptors (Lipinski definition) is 3. The van der Waals surface area contributed by atoms with Gasteiger partial charge in [-0.1, -0.05) is 23.2 Å². The Hall–Kier alpha value is -1.91. The molecule has 0 aromatic heterocycles. The third kappa shape index (κ3) is 4.53. The van der Waals surface area contributed by atoms with Gasteiger partial charge < -0.3 is 14.6 Å². The Morgan fingerprint density at radius 3 is 2.57 bits per heavy atom. The van der Waals surface area contributed by atoms with E-state index in [1.165, 1.54) is 7.11 Å². The molecule has 0 fully saturated rings. The van der Waals surface area contributed by atoms with Gasteiger partial charge in [0.2, 0.25) is 0 Å². The molecule has 0 radical (unpaired) electrons. The monoisotopic (exact) mass is 354 g/mol. The molecule has 122 valence electrons. The Bertz CT molecular complexity index is 716. The van der Waals surface area contributed by atoms with E-state index in [0.717, 1.165) is 5.56 Å². The van der Waals surface area contributed by atoms with Crippen LogP contribution < -0.4 is 9.47 Å². The van der Waals surface area contributed by atoms with Crippen LogP contribution in [0.3, 0.4) is 0 Å². The first-order valence-electron chi connectivity index (χ1n) is 6.88. The molecule has 0 unspecified atom stereocenters. The number of benzene rings is 2. The number of carboxylic acid groups (broad SMARTS) is 1. The number of hydrogen-bond donors (Lipinski definition) is 1. The number of methoxy groups -OCH3 is 1. The molecule has 0 bridgehead atoms. The third-order valence-electron chi connectivity index (χ3n) is 3.33. The van der Waals surface area contributed by atoms with Gasteiger partial charge in [0.15, 0.2) is 6.10 Å². The van der Waals surface area contributed by atoms with Crippen LogP contribution >= 0.6 is 23.2 Å². The van der Waals surface area contributed by atoms with Crippen molar-refractivity contribution < 1.29 is 19.4 Å². The SMILES string of the molecule is COc1ccc(Cl)cc1C[C@@H](Oc1ccc(Cl)c(C)c1)C(=O)O. The van der Waals surface area contributed by atoms with Gasteiger partial charge in [0, 0.05) is 16.5 Å². The lowest BCUT2D eigenvalue weighted by Crippen LogP contribution is -2.29. The highest BCUT2D eigenvalue weighted by Crippen LogP contribution is 2.26. The summed E-state index contributed by atoms with van der Waals surface area (Å²) in [7, 11) is 1.52. The number of aryl methyl sites for hydroxylation is 1. The molecule has 0 amide bonds. The van der Waals surface area contributed by atoms with Gasteiger partial charge in [-0.2, -0.15) is 0 Å². The molecule has 0 saturated carbocycles. The molecule has 0 aliphatic heterocycles. The Morgan fingerprint density at radius 1 is 1.22 bits per heavy atom. The van der Waals surface area contributed by atoms with E-state index >= 15 is 0 Å². The van der Waals surface area contributed by atoms with Crippen molar-refractivity contribution in [3.63, 3.8) is 0 Å². The molecule has 1 atom stereocenters. The Kier molecular flexibility index (Phi) is 5.74. The maximum Gasteiger partial charge on any atom is 0.345 e. The second-order valence-electron chi connectivity index (χ2n) is 5.02. The molecule has 0 spiro atoms. The highest BCUT2D eigenvalue weighted by atomic mass is 35.5. The summed E-state index contributed by atoms with van der Waals surface area (Å²) in [5.41, 5.74) is 1.48. The molecule has 0 saturated heterocycles. The quantitative estimate of drug-likeness (QED) is 0.835. The second-order valence-corrected chi connectivity index (χ2v) is 5.86. The number of carboxylic acids is 1. The van der Waals surface area contributed by atoms with E-state index in [-0.39, 0.29) is 6.42 Å². The summed E-state index contributed by atoms with van der Waals surface area (Å²) in [6, 6.07) is 10.1. The van der Waals surface area contributed by atoms with Gasteiger partial charge in [-0.15, -0.1) is 0 Å². The fraction of sp³-hybridized carbons (Fsp3) is 0.235. The lowest BCUT2D eigenvalue weighted by molar-refractivity contribution is -0.145. The summed E-state index contributed by atoms with van der Waals surface area (Å²) < 4.78 is 10.8. The van der Waals surface area contributed by atoms with Crippen LogP contribution in [-0.4, -0.2) is 24.3 Å². The minimum Gasteiger partial charge on any atom is -0.496 e. The molecule has 2 rings (SSSR count). The van der Waals surface area contributed by atoms with Crippen LogP contribution in [0.25, 0.3) is 0 Å². The van der Waals surface area contributed by atoms with Gasteiger partial charge >= 0.3 is 5.97 Å². The summed E-state index contributed by atoms with van der Waals surface area (Å²) in [5.74, 6) is -0.0588. The summed E-state index contributed by atoms with van der Waals surface area (Å²) in [5, 5.41) is 10.5. The minimum absolute atomic E-state index is 0.126. The summed E-state index contributed by atoms with van der Waals surface area (Å²) >= 11 is 11.9. The van der Waals surface area contributed by atoms with E-state index in [9.17, 15) is 9.90 Å². The molecule has 0 heterocycles. The van der Waals surface area contributed by atoms with Gasteiger partial charge in [0.25, 0.3) is 0 Å². The van der Waals surface area contributed by atoms with Crippen LogP contribution in [0.1, 0.15) is 11.1 Å². The van der Waals surface area contributed by atoms with E-state index in [4.69, 9.17) is 32.7 Å². The average molecular weight is 355 g/mol. The van der Waals surface area contributed by atoms with Crippen LogP contribution in [0, 0.1) is 6.92 Å². The van der Waals surface area contributed by atoms with Crippen molar-refractivity contribution in [3.8, 4) is 11.5 Å². The molecular weight excluding hydrogens is 339 g/mol. The zero-order valence-electron chi connectivity index (χ0n) is 12.7. The number of rotatable bonds is 6. The van der Waals surface area contributed by atoms with E-state index in [0.29, 0.717) is 27.1 Å². The number of halogens is 2. The first-order chi connectivity index (χ1) is 10.9. The summed E-state index contributed by atoms with van der Waals surface area (Å²) in [4.78, 5) is 11.5. The number of ether oxygens (including phenoxy) is 2. The highest BCUT2D eigenvalue weighted by molar-refractivity contribution is 6.31. The smallest absolute Gasteiger partial charge is 0.345 e. The van der Waals surface area contributed by atoms with Gasteiger partial charge in [0.1, 0.15) is 11.5 Å². The molecule has 6 heteroatoms. The molecule has 2 aromatic carbocycles. The highest BCUT2D eigenvalue weighted by Gasteiger charge is 2.22. The Morgan fingerprint density at radius 2 is 1.96 bits per heavy atom. The molecule has 0 aliphatic rings. The van der Waals surface area contributed by atoms with E-state index in [2.05, 4.69) is 0 Å². The van der Waals surface area contributed by atoms with Crippen LogP contribution in [0.5, 0.6) is 11.5 Å². The van der Waals surface area contributed by atoms with Crippen molar-refractivity contribution in [1.29, 1.82) is 0 Å². The lowest BCUT2D eigenvalue weighted by atomic mass is 10.1. The summed E-state index contributed by atoms with van der Waals surface area (Å²) in [6.07, 6.45) is -0.941. The van der Waals surface area contributed by atoms with Crippen molar-refractivity contribution in [1.82, 2.24) is 0 Å². The molecule has 23 heavy (non-hydrogen) atoms. The normalized spacial score (nSPS) is 11.8. The van der Waals surface area contributed by atoms with Crippen LogP contribution in [-0.2, 0) is 11.2 Å².